The molecule has 4 nitrogen and oxygen atoms in total. The van der Waals surface area contributed by atoms with Crippen LogP contribution in [0.5, 0.6) is 0 Å². The molecule has 4 rings (SSSR count). The molecule has 0 bridgehead atoms. The monoisotopic (exact) mass is 439 g/mol. The van der Waals surface area contributed by atoms with Crippen LogP contribution in [0.1, 0.15) is 28.0 Å². The molecule has 0 unspecified atom stereocenters. The molecule has 1 atom stereocenters. The van der Waals surface area contributed by atoms with Crippen LogP contribution in [0.2, 0.25) is 0 Å². The number of ketones is 1. The molecule has 4 aromatic carbocycles. The van der Waals surface area contributed by atoms with Crippen LogP contribution in [0.25, 0.3) is 0 Å². The fourth-order valence-corrected chi connectivity index (χ4v) is 6.60. The first-order valence-electron chi connectivity index (χ1n) is 10.4. The summed E-state index contributed by atoms with van der Waals surface area (Å²) in [6, 6.07) is 36.4. The summed E-state index contributed by atoms with van der Waals surface area (Å²) in [5.41, 5.74) is 1.53. The van der Waals surface area contributed by atoms with Crippen molar-refractivity contribution in [3.05, 3.63) is 137 Å². The van der Waals surface area contributed by atoms with Crippen LogP contribution in [0.4, 0.5) is 5.69 Å². The van der Waals surface area contributed by atoms with E-state index in [9.17, 15) is 14.9 Å². The number of hydrogen-bond acceptors (Lipinski definition) is 3. The van der Waals surface area contributed by atoms with E-state index < -0.39 is 12.8 Å². The highest BCUT2D eigenvalue weighted by atomic mass is 31.1. The lowest BCUT2D eigenvalue weighted by Gasteiger charge is -2.29. The van der Waals surface area contributed by atoms with Crippen molar-refractivity contribution in [2.24, 2.45) is 0 Å². The van der Waals surface area contributed by atoms with Crippen molar-refractivity contribution in [3.63, 3.8) is 0 Å². The van der Waals surface area contributed by atoms with E-state index in [4.69, 9.17) is 0 Å². The maximum Gasteiger partial charge on any atom is 0.269 e. The highest BCUT2D eigenvalue weighted by Gasteiger charge is 2.29. The van der Waals surface area contributed by atoms with Gasteiger partial charge in [-0.1, -0.05) is 103 Å². The summed E-state index contributed by atoms with van der Waals surface area (Å²) < 4.78 is 0. The standard InChI is InChI=1S/C27H22NO3P/c29-26(21-10-4-1-5-11-21)20-27(22-16-18-23(19-17-22)28(30)31)32(24-12-6-2-7-13-24)25-14-8-3-9-15-25/h1-19,27H,20H2/t27-/m0/s1. The SMILES string of the molecule is O=C(C[C@@H](c1ccc([N+](=O)[O-])cc1)P(c1ccccc1)c1ccccc1)c1ccccc1. The summed E-state index contributed by atoms with van der Waals surface area (Å²) in [6.45, 7) is 0. The zero-order valence-electron chi connectivity index (χ0n) is 17.4. The molecule has 0 fully saturated rings. The molecule has 32 heavy (non-hydrogen) atoms. The Kier molecular flexibility index (Phi) is 6.84. The molecule has 0 aromatic heterocycles. The van der Waals surface area contributed by atoms with E-state index in [0.29, 0.717) is 12.0 Å². The maximum absolute atomic E-state index is 13.3. The number of nitro benzene ring substituents is 1. The number of carbonyl (C=O) groups excluding carboxylic acids is 1. The molecule has 0 aliphatic rings. The fraction of sp³-hybridized carbons (Fsp3) is 0.0741. The molecule has 0 saturated carbocycles. The summed E-state index contributed by atoms with van der Waals surface area (Å²) in [5, 5.41) is 13.5. The van der Waals surface area contributed by atoms with Crippen molar-refractivity contribution in [1.29, 1.82) is 0 Å². The number of rotatable bonds is 8. The number of carbonyl (C=O) groups is 1. The Balaban J connectivity index is 1.81. The van der Waals surface area contributed by atoms with Gasteiger partial charge in [0.2, 0.25) is 0 Å². The first-order valence-corrected chi connectivity index (χ1v) is 11.8. The van der Waals surface area contributed by atoms with Crippen LogP contribution in [0.3, 0.4) is 0 Å². The van der Waals surface area contributed by atoms with Gasteiger partial charge in [-0.25, -0.2) is 0 Å². The number of benzene rings is 4. The Morgan fingerprint density at radius 3 is 1.66 bits per heavy atom. The molecule has 158 valence electrons. The Bertz CT molecular complexity index is 1140. The van der Waals surface area contributed by atoms with Gasteiger partial charge in [0.1, 0.15) is 0 Å². The van der Waals surface area contributed by atoms with Crippen LogP contribution in [0.15, 0.2) is 115 Å². The summed E-state index contributed by atoms with van der Waals surface area (Å²) in [5.74, 6) is 0.0633. The minimum atomic E-state index is -0.929. The van der Waals surface area contributed by atoms with Crippen molar-refractivity contribution in [1.82, 2.24) is 0 Å². The quantitative estimate of drug-likeness (QED) is 0.146. The molecule has 0 aliphatic carbocycles. The van der Waals surface area contributed by atoms with Gasteiger partial charge in [0.15, 0.2) is 5.78 Å². The van der Waals surface area contributed by atoms with Gasteiger partial charge in [-0.05, 0) is 24.1 Å². The smallest absolute Gasteiger partial charge is 0.269 e. The predicted octanol–water partition coefficient (Wildman–Crippen LogP) is 6.04. The van der Waals surface area contributed by atoms with E-state index in [1.165, 1.54) is 12.1 Å². The van der Waals surface area contributed by atoms with Crippen LogP contribution >= 0.6 is 7.92 Å². The van der Waals surface area contributed by atoms with Gasteiger partial charge >= 0.3 is 0 Å². The van der Waals surface area contributed by atoms with Crippen molar-refractivity contribution >= 4 is 30.0 Å². The zero-order valence-corrected chi connectivity index (χ0v) is 18.3. The maximum atomic E-state index is 13.3. The first-order chi connectivity index (χ1) is 15.6. The molecule has 0 radical (unpaired) electrons. The van der Waals surface area contributed by atoms with E-state index in [-0.39, 0.29) is 17.1 Å². The number of non-ortho nitro benzene ring substituents is 1. The molecule has 0 saturated heterocycles. The lowest BCUT2D eigenvalue weighted by Crippen LogP contribution is -2.19. The second-order valence-electron chi connectivity index (χ2n) is 7.40. The average Bonchev–Trinajstić information content (AvgIpc) is 2.85. The van der Waals surface area contributed by atoms with Crippen LogP contribution in [-0.2, 0) is 0 Å². The van der Waals surface area contributed by atoms with E-state index >= 15 is 0 Å². The lowest BCUT2D eigenvalue weighted by atomic mass is 10.0. The number of nitro groups is 1. The zero-order chi connectivity index (χ0) is 22.3. The van der Waals surface area contributed by atoms with Gasteiger partial charge in [-0.2, -0.15) is 0 Å². The third-order valence-corrected chi connectivity index (χ3v) is 8.16. The molecule has 0 amide bonds. The number of nitrogens with zero attached hydrogens (tertiary/aromatic N) is 1. The molecule has 0 N–H and O–H groups in total. The lowest BCUT2D eigenvalue weighted by molar-refractivity contribution is -0.384. The summed E-state index contributed by atoms with van der Waals surface area (Å²) in [4.78, 5) is 24.1. The largest absolute Gasteiger partial charge is 0.294 e. The van der Waals surface area contributed by atoms with Gasteiger partial charge in [0, 0.05) is 29.8 Å². The highest BCUT2D eigenvalue weighted by Crippen LogP contribution is 2.52. The fourth-order valence-electron chi connectivity index (χ4n) is 3.78. The molecular formula is C27H22NO3P. The molecule has 4 aromatic rings. The van der Waals surface area contributed by atoms with Gasteiger partial charge in [0.05, 0.1) is 4.92 Å². The second-order valence-corrected chi connectivity index (χ2v) is 9.80. The molecule has 0 aliphatic heterocycles. The molecular weight excluding hydrogens is 417 g/mol. The van der Waals surface area contributed by atoms with E-state index in [0.717, 1.165) is 16.2 Å². The van der Waals surface area contributed by atoms with Crippen molar-refractivity contribution in [3.8, 4) is 0 Å². The minimum Gasteiger partial charge on any atom is -0.294 e. The predicted molar refractivity (Wildman–Crippen MR) is 130 cm³/mol. The van der Waals surface area contributed by atoms with Crippen molar-refractivity contribution in [2.75, 3.05) is 0 Å². The third-order valence-electron chi connectivity index (χ3n) is 5.34. The van der Waals surface area contributed by atoms with Crippen LogP contribution in [0, 0.1) is 10.1 Å². The summed E-state index contributed by atoms with van der Waals surface area (Å²) in [6.07, 6.45) is 0.317. The first kappa shape index (κ1) is 21.6. The Morgan fingerprint density at radius 1 is 0.719 bits per heavy atom. The van der Waals surface area contributed by atoms with Crippen LogP contribution < -0.4 is 10.6 Å². The van der Waals surface area contributed by atoms with Crippen molar-refractivity contribution < 1.29 is 9.72 Å². The van der Waals surface area contributed by atoms with Gasteiger partial charge < -0.3 is 0 Å². The van der Waals surface area contributed by atoms with Gasteiger partial charge in [-0.15, -0.1) is 0 Å². The van der Waals surface area contributed by atoms with E-state index in [2.05, 4.69) is 24.3 Å². The Morgan fingerprint density at radius 2 is 1.19 bits per heavy atom. The normalized spacial score (nSPS) is 11.8. The van der Waals surface area contributed by atoms with Gasteiger partial charge in [-0.3, -0.25) is 14.9 Å². The summed E-state index contributed by atoms with van der Waals surface area (Å²) in [7, 11) is -0.929. The van der Waals surface area contributed by atoms with Crippen molar-refractivity contribution in [2.45, 2.75) is 12.1 Å². The molecule has 0 heterocycles. The highest BCUT2D eigenvalue weighted by molar-refractivity contribution is 7.73. The second kappa shape index (κ2) is 10.1. The number of Topliss-reactive ketones (excluding diaryl/α,β-unsaturated/α-hetero) is 1. The topological polar surface area (TPSA) is 60.2 Å². The Hall–Kier alpha value is -3.62. The molecule has 5 heteroatoms. The molecule has 0 spiro atoms. The third kappa shape index (κ3) is 4.99. The van der Waals surface area contributed by atoms with Crippen LogP contribution in [-0.4, -0.2) is 10.7 Å². The van der Waals surface area contributed by atoms with E-state index in [1.807, 2.05) is 66.7 Å². The minimum absolute atomic E-state index is 0.0469. The van der Waals surface area contributed by atoms with Gasteiger partial charge in [0.25, 0.3) is 5.69 Å². The summed E-state index contributed by atoms with van der Waals surface area (Å²) >= 11 is 0. The number of hydrogen-bond donors (Lipinski definition) is 0. The Labute approximate surface area is 188 Å². The average molecular weight is 439 g/mol. The van der Waals surface area contributed by atoms with E-state index in [1.54, 1.807) is 12.1 Å².